The number of carboxylic acids is 1. The highest BCUT2D eigenvalue weighted by atomic mass is 16.4. The maximum Gasteiger partial charge on any atom is 0.326 e. The fraction of sp³-hybridized carbons (Fsp3) is 0.312. The number of carbonyl (C=O) groups is 2. The van der Waals surface area contributed by atoms with Crippen LogP contribution in [0.3, 0.4) is 0 Å². The average molecular weight is 284 g/mol. The molecule has 1 aliphatic rings. The third-order valence-electron chi connectivity index (χ3n) is 3.76. The van der Waals surface area contributed by atoms with Crippen LogP contribution in [0.1, 0.15) is 29.8 Å². The molecule has 1 saturated carbocycles. The molecule has 0 aliphatic heterocycles. The number of nitrogens with zero attached hydrogens (tertiary/aromatic N) is 1. The number of nitrogens with one attached hydrogen (secondary N) is 1. The first-order valence-electron chi connectivity index (χ1n) is 7.02. The van der Waals surface area contributed by atoms with Crippen molar-refractivity contribution < 1.29 is 14.7 Å². The Balaban J connectivity index is 1.84. The molecule has 0 spiro atoms. The number of rotatable bonds is 5. The summed E-state index contributed by atoms with van der Waals surface area (Å²) in [5.74, 6) is -0.998. The van der Waals surface area contributed by atoms with Crippen LogP contribution in [0.25, 0.3) is 10.8 Å². The summed E-state index contributed by atoms with van der Waals surface area (Å²) < 4.78 is 0. The molecule has 1 unspecified atom stereocenters. The normalized spacial score (nSPS) is 15.6. The first-order chi connectivity index (χ1) is 10.1. The van der Waals surface area contributed by atoms with E-state index < -0.39 is 17.9 Å². The highest BCUT2D eigenvalue weighted by Crippen LogP contribution is 2.33. The molecule has 0 bridgehead atoms. The molecule has 21 heavy (non-hydrogen) atoms. The van der Waals surface area contributed by atoms with Gasteiger partial charge in [-0.3, -0.25) is 9.78 Å². The molecule has 2 N–H and O–H groups in total. The standard InChI is InChI=1S/C16H16N2O3/c19-15(18-13(16(20)21)9-10-5-6-10)14-12-4-2-1-3-11(12)7-8-17-14/h1-4,7-8,10,13H,5-6,9H2,(H,18,19)(H,20,21). The maximum atomic E-state index is 12.3. The van der Waals surface area contributed by atoms with Crippen LogP contribution in [0.2, 0.25) is 0 Å². The first kappa shape index (κ1) is 13.5. The Bertz CT molecular complexity index is 689. The molecular weight excluding hydrogens is 268 g/mol. The fourth-order valence-corrected chi connectivity index (χ4v) is 2.44. The highest BCUT2D eigenvalue weighted by Gasteiger charge is 2.30. The quantitative estimate of drug-likeness (QED) is 0.882. The van der Waals surface area contributed by atoms with Gasteiger partial charge in [0.2, 0.25) is 0 Å². The lowest BCUT2D eigenvalue weighted by atomic mass is 10.1. The summed E-state index contributed by atoms with van der Waals surface area (Å²) in [6.07, 6.45) is 4.15. The molecule has 108 valence electrons. The van der Waals surface area contributed by atoms with E-state index in [1.807, 2.05) is 30.3 Å². The van der Waals surface area contributed by atoms with E-state index in [0.29, 0.717) is 12.3 Å². The molecule has 3 rings (SSSR count). The van der Waals surface area contributed by atoms with Crippen molar-refractivity contribution in [2.45, 2.75) is 25.3 Å². The Morgan fingerprint density at radius 3 is 2.76 bits per heavy atom. The van der Waals surface area contributed by atoms with Crippen LogP contribution in [-0.2, 0) is 4.79 Å². The van der Waals surface area contributed by atoms with Gasteiger partial charge in [0.25, 0.3) is 5.91 Å². The van der Waals surface area contributed by atoms with Crippen LogP contribution in [0, 0.1) is 5.92 Å². The number of fused-ring (bicyclic) bond motifs is 1. The van der Waals surface area contributed by atoms with Gasteiger partial charge in [-0.2, -0.15) is 0 Å². The summed E-state index contributed by atoms with van der Waals surface area (Å²) in [6.45, 7) is 0. The van der Waals surface area contributed by atoms with Crippen LogP contribution in [-0.4, -0.2) is 28.0 Å². The van der Waals surface area contributed by atoms with E-state index in [0.717, 1.165) is 23.6 Å². The summed E-state index contributed by atoms with van der Waals surface area (Å²) in [4.78, 5) is 27.7. The molecule has 1 aliphatic carbocycles. The molecule has 0 saturated heterocycles. The predicted octanol–water partition coefficient (Wildman–Crippen LogP) is 2.22. The minimum absolute atomic E-state index is 0.273. The molecule has 2 aromatic rings. The number of carboxylic acid groups (broad SMARTS) is 1. The Morgan fingerprint density at radius 2 is 2.05 bits per heavy atom. The lowest BCUT2D eigenvalue weighted by molar-refractivity contribution is -0.139. The Hall–Kier alpha value is -2.43. The number of aliphatic carboxylic acids is 1. The van der Waals surface area contributed by atoms with Gasteiger partial charge in [-0.1, -0.05) is 37.1 Å². The van der Waals surface area contributed by atoms with Crippen molar-refractivity contribution in [1.29, 1.82) is 0 Å². The minimum Gasteiger partial charge on any atom is -0.480 e. The third-order valence-corrected chi connectivity index (χ3v) is 3.76. The summed E-state index contributed by atoms with van der Waals surface area (Å²) >= 11 is 0. The van der Waals surface area contributed by atoms with Gasteiger partial charge in [-0.15, -0.1) is 0 Å². The summed E-state index contributed by atoms with van der Waals surface area (Å²) in [6, 6.07) is 8.41. The van der Waals surface area contributed by atoms with Crippen molar-refractivity contribution in [3.8, 4) is 0 Å². The van der Waals surface area contributed by atoms with Gasteiger partial charge in [0.1, 0.15) is 11.7 Å². The Labute approximate surface area is 122 Å². The number of aromatic nitrogens is 1. The van der Waals surface area contributed by atoms with Gasteiger partial charge in [0.15, 0.2) is 0 Å². The number of hydrogen-bond donors (Lipinski definition) is 2. The average Bonchev–Trinajstić information content (AvgIpc) is 3.29. The monoisotopic (exact) mass is 284 g/mol. The molecule has 5 heteroatoms. The zero-order valence-electron chi connectivity index (χ0n) is 11.5. The molecule has 1 heterocycles. The van der Waals surface area contributed by atoms with Crippen molar-refractivity contribution >= 4 is 22.6 Å². The second kappa shape index (κ2) is 5.52. The van der Waals surface area contributed by atoms with E-state index in [2.05, 4.69) is 10.3 Å². The zero-order chi connectivity index (χ0) is 14.8. The number of benzene rings is 1. The van der Waals surface area contributed by atoms with Gasteiger partial charge in [0, 0.05) is 11.6 Å². The highest BCUT2D eigenvalue weighted by molar-refractivity contribution is 6.06. The Kier molecular flexibility index (Phi) is 3.56. The molecule has 1 aromatic heterocycles. The van der Waals surface area contributed by atoms with Crippen LogP contribution in [0.5, 0.6) is 0 Å². The van der Waals surface area contributed by atoms with Crippen molar-refractivity contribution in [2.24, 2.45) is 5.92 Å². The second-order valence-electron chi connectivity index (χ2n) is 5.42. The maximum absolute atomic E-state index is 12.3. The zero-order valence-corrected chi connectivity index (χ0v) is 11.5. The lowest BCUT2D eigenvalue weighted by Gasteiger charge is -2.14. The van der Waals surface area contributed by atoms with Crippen molar-refractivity contribution in [3.63, 3.8) is 0 Å². The van der Waals surface area contributed by atoms with E-state index in [1.54, 1.807) is 6.20 Å². The van der Waals surface area contributed by atoms with Crippen molar-refractivity contribution in [1.82, 2.24) is 10.3 Å². The van der Waals surface area contributed by atoms with E-state index in [4.69, 9.17) is 0 Å². The smallest absolute Gasteiger partial charge is 0.326 e. The van der Waals surface area contributed by atoms with E-state index in [9.17, 15) is 14.7 Å². The lowest BCUT2D eigenvalue weighted by Crippen LogP contribution is -2.41. The minimum atomic E-state index is -0.990. The molecule has 1 atom stereocenters. The largest absolute Gasteiger partial charge is 0.480 e. The fourth-order valence-electron chi connectivity index (χ4n) is 2.44. The van der Waals surface area contributed by atoms with Crippen LogP contribution in [0.4, 0.5) is 0 Å². The summed E-state index contributed by atoms with van der Waals surface area (Å²) in [7, 11) is 0. The molecule has 0 radical (unpaired) electrons. The molecule has 1 fully saturated rings. The Morgan fingerprint density at radius 1 is 1.29 bits per heavy atom. The number of amides is 1. The molecule has 1 amide bonds. The van der Waals surface area contributed by atoms with E-state index >= 15 is 0 Å². The van der Waals surface area contributed by atoms with Gasteiger partial charge < -0.3 is 10.4 Å². The van der Waals surface area contributed by atoms with E-state index in [1.165, 1.54) is 0 Å². The van der Waals surface area contributed by atoms with Crippen LogP contribution in [0.15, 0.2) is 36.5 Å². The first-order valence-corrected chi connectivity index (χ1v) is 7.02. The summed E-state index contributed by atoms with van der Waals surface area (Å²) in [5.41, 5.74) is 0.273. The van der Waals surface area contributed by atoms with Crippen molar-refractivity contribution in [2.75, 3.05) is 0 Å². The topological polar surface area (TPSA) is 79.3 Å². The SMILES string of the molecule is O=C(NC(CC1CC1)C(=O)O)c1nccc2ccccc12. The predicted molar refractivity (Wildman–Crippen MR) is 78.0 cm³/mol. The van der Waals surface area contributed by atoms with Crippen molar-refractivity contribution in [3.05, 3.63) is 42.2 Å². The van der Waals surface area contributed by atoms with Gasteiger partial charge >= 0.3 is 5.97 Å². The van der Waals surface area contributed by atoms with Gasteiger partial charge in [-0.25, -0.2) is 4.79 Å². The van der Waals surface area contributed by atoms with Crippen LogP contribution < -0.4 is 5.32 Å². The number of hydrogen-bond acceptors (Lipinski definition) is 3. The molecular formula is C16H16N2O3. The number of pyridine rings is 1. The van der Waals surface area contributed by atoms with E-state index in [-0.39, 0.29) is 5.69 Å². The van der Waals surface area contributed by atoms with Gasteiger partial charge in [-0.05, 0) is 23.8 Å². The summed E-state index contributed by atoms with van der Waals surface area (Å²) in [5, 5.41) is 13.5. The number of carbonyl (C=O) groups excluding carboxylic acids is 1. The third kappa shape index (κ3) is 3.02. The second-order valence-corrected chi connectivity index (χ2v) is 5.42. The molecule has 5 nitrogen and oxygen atoms in total. The van der Waals surface area contributed by atoms with Gasteiger partial charge in [0.05, 0.1) is 0 Å². The molecule has 1 aromatic carbocycles. The van der Waals surface area contributed by atoms with Crippen LogP contribution >= 0.6 is 0 Å².